The van der Waals surface area contributed by atoms with Crippen LogP contribution in [0.15, 0.2) is 65.6 Å². The topological polar surface area (TPSA) is 145 Å². The summed E-state index contributed by atoms with van der Waals surface area (Å²) in [5.74, 6) is -0.845. The number of amides is 3. The number of ketones is 1. The van der Waals surface area contributed by atoms with Crippen LogP contribution in [0.25, 0.3) is 6.08 Å². The number of hydrogen-bond donors (Lipinski definition) is 1. The second kappa shape index (κ2) is 13.1. The fourth-order valence-corrected chi connectivity index (χ4v) is 4.79. The van der Waals surface area contributed by atoms with Crippen LogP contribution < -0.4 is 14.8 Å². The molecule has 0 aliphatic carbocycles. The summed E-state index contributed by atoms with van der Waals surface area (Å²) >= 11 is 0.692. The van der Waals surface area contributed by atoms with Crippen molar-refractivity contribution < 1.29 is 33.6 Å². The molecule has 11 nitrogen and oxygen atoms in total. The minimum atomic E-state index is -0.637. The van der Waals surface area contributed by atoms with Gasteiger partial charge in [0.1, 0.15) is 0 Å². The molecule has 0 atom stereocenters. The molecule has 12 heteroatoms. The van der Waals surface area contributed by atoms with Crippen LogP contribution >= 0.6 is 11.8 Å². The fourth-order valence-electron chi connectivity index (χ4n) is 3.95. The Kier molecular flexibility index (Phi) is 9.38. The molecule has 0 spiro atoms. The lowest BCUT2D eigenvalue weighted by atomic mass is 10.1. The van der Waals surface area contributed by atoms with E-state index in [9.17, 15) is 29.3 Å². The molecule has 1 fully saturated rings. The number of aryl methyl sites for hydroxylation is 2. The van der Waals surface area contributed by atoms with Gasteiger partial charge in [-0.1, -0.05) is 12.1 Å². The van der Waals surface area contributed by atoms with E-state index in [4.69, 9.17) is 9.47 Å². The Morgan fingerprint density at radius 3 is 2.38 bits per heavy atom. The molecular weight excluding hydrogens is 562 g/mol. The smallest absolute Gasteiger partial charge is 0.293 e. The number of anilines is 1. The molecule has 3 amide bonds. The molecule has 0 radical (unpaired) electrons. The predicted molar refractivity (Wildman–Crippen MR) is 158 cm³/mol. The normalized spacial score (nSPS) is 13.8. The number of imide groups is 1. The molecule has 0 saturated carbocycles. The lowest BCUT2D eigenvalue weighted by molar-refractivity contribution is -0.384. The highest BCUT2D eigenvalue weighted by atomic mass is 32.2. The number of hydrogen-bond acceptors (Lipinski definition) is 9. The number of nitro benzene ring substituents is 1. The Morgan fingerprint density at radius 2 is 1.71 bits per heavy atom. The van der Waals surface area contributed by atoms with Crippen molar-refractivity contribution in [2.75, 3.05) is 25.1 Å². The van der Waals surface area contributed by atoms with Crippen molar-refractivity contribution in [3.8, 4) is 11.5 Å². The van der Waals surface area contributed by atoms with Crippen LogP contribution in [0.4, 0.5) is 16.2 Å². The van der Waals surface area contributed by atoms with Gasteiger partial charge in [-0.15, -0.1) is 0 Å². The van der Waals surface area contributed by atoms with Crippen molar-refractivity contribution in [1.29, 1.82) is 0 Å². The number of non-ortho nitro benzene ring substituents is 1. The number of nitrogens with zero attached hydrogens (tertiary/aromatic N) is 2. The van der Waals surface area contributed by atoms with E-state index < -0.39 is 28.4 Å². The van der Waals surface area contributed by atoms with Gasteiger partial charge in [-0.05, 0) is 91.7 Å². The molecule has 42 heavy (non-hydrogen) atoms. The molecule has 0 bridgehead atoms. The third kappa shape index (κ3) is 7.21. The standard InChI is InChI=1S/C30H27N3O8S/c1-4-40-26-14-20(6-12-25(26)41-17-28(35)31-22-9-5-18(2)19(3)13-22)15-27-29(36)32(30(37)42-27)16-24(34)21-7-10-23(11-8-21)33(38)39/h5-15H,4,16-17H2,1-3H3,(H,31,35)/b27-15+. The van der Waals surface area contributed by atoms with Crippen LogP contribution in [0.3, 0.4) is 0 Å². The van der Waals surface area contributed by atoms with Gasteiger partial charge < -0.3 is 14.8 Å². The molecule has 4 rings (SSSR count). The zero-order valence-electron chi connectivity index (χ0n) is 23.0. The van der Waals surface area contributed by atoms with Crippen LogP contribution in [-0.2, 0) is 9.59 Å². The molecule has 1 heterocycles. The highest BCUT2D eigenvalue weighted by Crippen LogP contribution is 2.35. The van der Waals surface area contributed by atoms with Crippen LogP contribution in [0, 0.1) is 24.0 Å². The highest BCUT2D eigenvalue weighted by Gasteiger charge is 2.36. The van der Waals surface area contributed by atoms with Gasteiger partial charge in [-0.2, -0.15) is 0 Å². The molecule has 216 valence electrons. The number of thioether (sulfide) groups is 1. The third-order valence-corrected chi connectivity index (χ3v) is 7.20. The van der Waals surface area contributed by atoms with E-state index in [1.54, 1.807) is 25.1 Å². The summed E-state index contributed by atoms with van der Waals surface area (Å²) < 4.78 is 11.4. The third-order valence-electron chi connectivity index (χ3n) is 6.29. The monoisotopic (exact) mass is 589 g/mol. The SMILES string of the molecule is CCOc1cc(/C=C2/SC(=O)N(CC(=O)c3ccc([N+](=O)[O-])cc3)C2=O)ccc1OCC(=O)Nc1ccc(C)c(C)c1. The number of benzene rings is 3. The summed E-state index contributed by atoms with van der Waals surface area (Å²) in [7, 11) is 0. The molecule has 1 N–H and O–H groups in total. The zero-order valence-corrected chi connectivity index (χ0v) is 23.9. The number of nitrogens with one attached hydrogen (secondary N) is 1. The Bertz CT molecular complexity index is 1600. The van der Waals surface area contributed by atoms with E-state index in [1.807, 2.05) is 32.0 Å². The van der Waals surface area contributed by atoms with Crippen LogP contribution in [0.5, 0.6) is 11.5 Å². The summed E-state index contributed by atoms with van der Waals surface area (Å²) in [5.41, 5.74) is 3.34. The molecule has 0 aromatic heterocycles. The number of nitro groups is 1. The lowest BCUT2D eigenvalue weighted by Gasteiger charge is -2.13. The minimum absolute atomic E-state index is 0.111. The Balaban J connectivity index is 1.42. The summed E-state index contributed by atoms with van der Waals surface area (Å²) in [4.78, 5) is 61.7. The number of carbonyl (C=O) groups is 4. The summed E-state index contributed by atoms with van der Waals surface area (Å²) in [6.07, 6.45) is 1.50. The Labute approximate surface area is 245 Å². The van der Waals surface area contributed by atoms with Crippen LogP contribution in [-0.4, -0.2) is 52.4 Å². The zero-order chi connectivity index (χ0) is 30.4. The van der Waals surface area contributed by atoms with Crippen LogP contribution in [0.2, 0.25) is 0 Å². The summed E-state index contributed by atoms with van der Waals surface area (Å²) in [5, 5.41) is 13.0. The first-order chi connectivity index (χ1) is 20.0. The maximum absolute atomic E-state index is 12.9. The summed E-state index contributed by atoms with van der Waals surface area (Å²) in [6, 6.07) is 15.4. The Hall–Kier alpha value is -4.97. The van der Waals surface area contributed by atoms with Crippen molar-refractivity contribution in [1.82, 2.24) is 4.90 Å². The van der Waals surface area contributed by atoms with Gasteiger partial charge in [0.2, 0.25) is 0 Å². The van der Waals surface area contributed by atoms with Gasteiger partial charge in [0, 0.05) is 23.4 Å². The van der Waals surface area contributed by atoms with Crippen molar-refractivity contribution in [2.45, 2.75) is 20.8 Å². The molecule has 3 aromatic carbocycles. The van der Waals surface area contributed by atoms with E-state index in [-0.39, 0.29) is 28.7 Å². The molecular formula is C30H27N3O8S. The summed E-state index contributed by atoms with van der Waals surface area (Å²) in [6.45, 7) is 5.29. The number of Topliss-reactive ketones (excluding diaryl/α,β-unsaturated/α-hetero) is 1. The molecule has 1 aliphatic rings. The first kappa shape index (κ1) is 30.0. The van der Waals surface area contributed by atoms with Crippen LogP contribution in [0.1, 0.15) is 34.0 Å². The fraction of sp³-hybridized carbons (Fsp3) is 0.200. The van der Waals surface area contributed by atoms with Crippen molar-refractivity contribution in [3.63, 3.8) is 0 Å². The van der Waals surface area contributed by atoms with E-state index in [1.165, 1.54) is 30.3 Å². The maximum atomic E-state index is 12.9. The van der Waals surface area contributed by atoms with E-state index >= 15 is 0 Å². The lowest BCUT2D eigenvalue weighted by Crippen LogP contribution is -2.33. The van der Waals surface area contributed by atoms with E-state index in [0.29, 0.717) is 41.1 Å². The average Bonchev–Trinajstić information content (AvgIpc) is 3.22. The van der Waals surface area contributed by atoms with Gasteiger partial charge >= 0.3 is 0 Å². The van der Waals surface area contributed by atoms with Crippen molar-refractivity contribution >= 4 is 52.0 Å². The minimum Gasteiger partial charge on any atom is -0.490 e. The van der Waals surface area contributed by atoms with Gasteiger partial charge in [0.05, 0.1) is 23.0 Å². The largest absolute Gasteiger partial charge is 0.490 e. The predicted octanol–water partition coefficient (Wildman–Crippen LogP) is 5.55. The average molecular weight is 590 g/mol. The maximum Gasteiger partial charge on any atom is 0.293 e. The second-order valence-corrected chi connectivity index (χ2v) is 10.3. The van der Waals surface area contributed by atoms with Gasteiger partial charge in [0.15, 0.2) is 23.9 Å². The van der Waals surface area contributed by atoms with E-state index in [2.05, 4.69) is 5.32 Å². The van der Waals surface area contributed by atoms with Crippen molar-refractivity contribution in [2.24, 2.45) is 0 Å². The molecule has 3 aromatic rings. The Morgan fingerprint density at radius 1 is 0.976 bits per heavy atom. The first-order valence-corrected chi connectivity index (χ1v) is 13.7. The molecule has 0 unspecified atom stereocenters. The van der Waals surface area contributed by atoms with E-state index in [0.717, 1.165) is 16.0 Å². The second-order valence-electron chi connectivity index (χ2n) is 9.27. The highest BCUT2D eigenvalue weighted by molar-refractivity contribution is 8.18. The van der Waals surface area contributed by atoms with Gasteiger partial charge in [0.25, 0.3) is 22.7 Å². The van der Waals surface area contributed by atoms with Gasteiger partial charge in [-0.3, -0.25) is 34.2 Å². The molecule has 1 aliphatic heterocycles. The quantitative estimate of drug-likeness (QED) is 0.132. The number of rotatable bonds is 11. The number of ether oxygens (including phenoxy) is 2. The first-order valence-electron chi connectivity index (χ1n) is 12.9. The van der Waals surface area contributed by atoms with Crippen molar-refractivity contribution in [3.05, 3.63) is 97.9 Å². The van der Waals surface area contributed by atoms with Gasteiger partial charge in [-0.25, -0.2) is 0 Å². The number of carbonyl (C=O) groups excluding carboxylic acids is 4. The molecule has 1 saturated heterocycles.